The summed E-state index contributed by atoms with van der Waals surface area (Å²) >= 11 is 0. The fourth-order valence-electron chi connectivity index (χ4n) is 3.13. The average Bonchev–Trinajstić information content (AvgIpc) is 2.57. The zero-order valence-corrected chi connectivity index (χ0v) is 13.6. The quantitative estimate of drug-likeness (QED) is 0.786. The zero-order chi connectivity index (χ0) is 16.7. The molecule has 2 rings (SSSR count). The molecular formula is C20H25NO2. The van der Waals surface area contributed by atoms with Crippen molar-refractivity contribution in [2.45, 2.75) is 32.1 Å². The first-order chi connectivity index (χ1) is 11.1. The normalized spacial score (nSPS) is 14.9. The SMILES string of the molecule is CC(CCCc1ccccc1)(C(N)=O)[C@H](CO)c1ccccc1. The van der Waals surface area contributed by atoms with Crippen molar-refractivity contribution in [2.24, 2.45) is 11.1 Å². The Bertz CT molecular complexity index is 612. The molecule has 0 aliphatic rings. The maximum absolute atomic E-state index is 12.1. The number of carbonyl (C=O) groups is 1. The van der Waals surface area contributed by atoms with Crippen molar-refractivity contribution in [3.8, 4) is 0 Å². The number of rotatable bonds is 8. The van der Waals surface area contributed by atoms with E-state index in [0.29, 0.717) is 6.42 Å². The van der Waals surface area contributed by atoms with Crippen molar-refractivity contribution in [2.75, 3.05) is 6.61 Å². The van der Waals surface area contributed by atoms with Crippen LogP contribution in [0.5, 0.6) is 0 Å². The lowest BCUT2D eigenvalue weighted by atomic mass is 9.70. The molecule has 0 saturated heterocycles. The number of benzene rings is 2. The second-order valence-electron chi connectivity index (χ2n) is 6.27. The molecule has 0 aliphatic carbocycles. The Morgan fingerprint density at radius 1 is 1.09 bits per heavy atom. The standard InChI is InChI=1S/C20H25NO2/c1-20(19(21)23,14-8-11-16-9-4-2-5-10-16)18(15-22)17-12-6-3-7-13-17/h2-7,9-10,12-13,18,22H,8,11,14-15H2,1H3,(H2,21,23)/t18-,20?/m1/s1. The van der Waals surface area contributed by atoms with E-state index in [1.54, 1.807) is 0 Å². The third-order valence-corrected chi connectivity index (χ3v) is 4.72. The fourth-order valence-corrected chi connectivity index (χ4v) is 3.13. The van der Waals surface area contributed by atoms with E-state index in [2.05, 4.69) is 12.1 Å². The summed E-state index contributed by atoms with van der Waals surface area (Å²) < 4.78 is 0. The Morgan fingerprint density at radius 2 is 1.65 bits per heavy atom. The van der Waals surface area contributed by atoms with Gasteiger partial charge in [0.2, 0.25) is 5.91 Å². The van der Waals surface area contributed by atoms with Gasteiger partial charge in [-0.15, -0.1) is 0 Å². The van der Waals surface area contributed by atoms with Crippen molar-refractivity contribution in [1.82, 2.24) is 0 Å². The lowest BCUT2D eigenvalue weighted by molar-refractivity contribution is -0.129. The number of amides is 1. The summed E-state index contributed by atoms with van der Waals surface area (Å²) in [7, 11) is 0. The fraction of sp³-hybridized carbons (Fsp3) is 0.350. The highest BCUT2D eigenvalue weighted by Crippen LogP contribution is 2.39. The first kappa shape index (κ1) is 17.2. The second-order valence-corrected chi connectivity index (χ2v) is 6.27. The molecule has 0 fully saturated rings. The second kappa shape index (κ2) is 7.93. The largest absolute Gasteiger partial charge is 0.396 e. The Morgan fingerprint density at radius 3 is 2.17 bits per heavy atom. The van der Waals surface area contributed by atoms with Gasteiger partial charge < -0.3 is 10.8 Å². The lowest BCUT2D eigenvalue weighted by Gasteiger charge is -2.34. The Balaban J connectivity index is 2.12. The molecule has 0 radical (unpaired) electrons. The maximum Gasteiger partial charge on any atom is 0.224 e. The summed E-state index contributed by atoms with van der Waals surface area (Å²) in [6.45, 7) is 1.78. The van der Waals surface area contributed by atoms with Gasteiger partial charge in [-0.2, -0.15) is 0 Å². The van der Waals surface area contributed by atoms with Crippen LogP contribution in [0.3, 0.4) is 0 Å². The number of nitrogens with two attached hydrogens (primary N) is 1. The molecular weight excluding hydrogens is 286 g/mol. The maximum atomic E-state index is 12.1. The summed E-state index contributed by atoms with van der Waals surface area (Å²) in [6.07, 6.45) is 2.40. The zero-order valence-electron chi connectivity index (χ0n) is 13.6. The van der Waals surface area contributed by atoms with Crippen molar-refractivity contribution in [3.05, 3.63) is 71.8 Å². The summed E-state index contributed by atoms with van der Waals surface area (Å²) in [6, 6.07) is 19.9. The van der Waals surface area contributed by atoms with Gasteiger partial charge in [0.15, 0.2) is 0 Å². The molecule has 2 aromatic rings. The number of primary amides is 1. The molecule has 0 bridgehead atoms. The van der Waals surface area contributed by atoms with Crippen LogP contribution in [0.25, 0.3) is 0 Å². The van der Waals surface area contributed by atoms with Gasteiger partial charge in [-0.05, 0) is 30.4 Å². The highest BCUT2D eigenvalue weighted by atomic mass is 16.3. The van der Waals surface area contributed by atoms with Gasteiger partial charge in [0.1, 0.15) is 0 Å². The molecule has 23 heavy (non-hydrogen) atoms. The minimum absolute atomic E-state index is 0.0885. The number of aliphatic hydroxyl groups is 1. The van der Waals surface area contributed by atoms with Crippen molar-refractivity contribution in [1.29, 1.82) is 0 Å². The van der Waals surface area contributed by atoms with Crippen LogP contribution in [0.4, 0.5) is 0 Å². The number of carbonyl (C=O) groups excluding carboxylic acids is 1. The van der Waals surface area contributed by atoms with Crippen LogP contribution in [0.1, 0.15) is 36.8 Å². The number of aliphatic hydroxyl groups excluding tert-OH is 1. The van der Waals surface area contributed by atoms with Gasteiger partial charge in [-0.25, -0.2) is 0 Å². The molecule has 0 aliphatic heterocycles. The van der Waals surface area contributed by atoms with Gasteiger partial charge in [0.05, 0.1) is 12.0 Å². The van der Waals surface area contributed by atoms with Gasteiger partial charge in [0, 0.05) is 5.92 Å². The third-order valence-electron chi connectivity index (χ3n) is 4.72. The van der Waals surface area contributed by atoms with Crippen molar-refractivity contribution >= 4 is 5.91 Å². The highest BCUT2D eigenvalue weighted by Gasteiger charge is 2.39. The molecule has 0 spiro atoms. The van der Waals surface area contributed by atoms with Crippen LogP contribution in [0.2, 0.25) is 0 Å². The lowest BCUT2D eigenvalue weighted by Crippen LogP contribution is -2.41. The molecule has 2 atom stereocenters. The average molecular weight is 311 g/mol. The molecule has 122 valence electrons. The molecule has 0 aromatic heterocycles. The van der Waals surface area contributed by atoms with Crippen LogP contribution in [-0.2, 0) is 11.2 Å². The van der Waals surface area contributed by atoms with E-state index >= 15 is 0 Å². The predicted molar refractivity (Wildman–Crippen MR) is 93.0 cm³/mol. The topological polar surface area (TPSA) is 63.3 Å². The van der Waals surface area contributed by atoms with Crippen molar-refractivity contribution in [3.63, 3.8) is 0 Å². The van der Waals surface area contributed by atoms with E-state index in [1.807, 2.05) is 55.5 Å². The molecule has 3 N–H and O–H groups in total. The molecule has 0 saturated carbocycles. The monoisotopic (exact) mass is 311 g/mol. The molecule has 3 heteroatoms. The van der Waals surface area contributed by atoms with E-state index in [0.717, 1.165) is 18.4 Å². The summed E-state index contributed by atoms with van der Waals surface area (Å²) in [5.41, 5.74) is 7.16. The Labute approximate surface area is 138 Å². The van der Waals surface area contributed by atoms with E-state index in [4.69, 9.17) is 5.73 Å². The molecule has 2 aromatic carbocycles. The first-order valence-electron chi connectivity index (χ1n) is 8.07. The van der Waals surface area contributed by atoms with Crippen molar-refractivity contribution < 1.29 is 9.90 Å². The molecule has 0 heterocycles. The molecule has 1 amide bonds. The summed E-state index contributed by atoms with van der Waals surface area (Å²) in [5.74, 6) is -0.634. The van der Waals surface area contributed by atoms with E-state index in [9.17, 15) is 9.90 Å². The first-order valence-corrected chi connectivity index (χ1v) is 8.07. The Hall–Kier alpha value is -2.13. The van der Waals surface area contributed by atoms with Gasteiger partial charge in [0.25, 0.3) is 0 Å². The van der Waals surface area contributed by atoms with Crippen LogP contribution in [0, 0.1) is 5.41 Å². The number of hydrogen-bond acceptors (Lipinski definition) is 2. The van der Waals surface area contributed by atoms with Crippen LogP contribution < -0.4 is 5.73 Å². The number of hydrogen-bond donors (Lipinski definition) is 2. The van der Waals surface area contributed by atoms with E-state index in [-0.39, 0.29) is 18.4 Å². The smallest absolute Gasteiger partial charge is 0.224 e. The summed E-state index contributed by atoms with van der Waals surface area (Å²) in [5, 5.41) is 9.87. The van der Waals surface area contributed by atoms with Crippen LogP contribution >= 0.6 is 0 Å². The van der Waals surface area contributed by atoms with Gasteiger partial charge in [-0.3, -0.25) is 4.79 Å². The Kier molecular flexibility index (Phi) is 5.94. The van der Waals surface area contributed by atoms with Gasteiger partial charge in [-0.1, -0.05) is 67.6 Å². The molecule has 1 unspecified atom stereocenters. The highest BCUT2D eigenvalue weighted by molar-refractivity contribution is 5.81. The third kappa shape index (κ3) is 4.20. The minimum atomic E-state index is -0.759. The predicted octanol–water partition coefficient (Wildman–Crippen LogP) is 3.28. The summed E-state index contributed by atoms with van der Waals surface area (Å²) in [4.78, 5) is 12.1. The van der Waals surface area contributed by atoms with E-state index in [1.165, 1.54) is 5.56 Å². The van der Waals surface area contributed by atoms with E-state index < -0.39 is 5.41 Å². The number of aryl methyl sites for hydroxylation is 1. The van der Waals surface area contributed by atoms with Crippen LogP contribution in [-0.4, -0.2) is 17.6 Å². The van der Waals surface area contributed by atoms with Crippen LogP contribution in [0.15, 0.2) is 60.7 Å². The van der Waals surface area contributed by atoms with Gasteiger partial charge >= 0.3 is 0 Å². The molecule has 3 nitrogen and oxygen atoms in total. The minimum Gasteiger partial charge on any atom is -0.396 e.